The molecule has 4 N–H and O–H groups in total. The van der Waals surface area contributed by atoms with Crippen molar-refractivity contribution in [2.24, 2.45) is 0 Å². The van der Waals surface area contributed by atoms with E-state index in [0.717, 1.165) is 16.2 Å². The molecule has 0 atom stereocenters. The lowest BCUT2D eigenvalue weighted by Gasteiger charge is -2.13. The van der Waals surface area contributed by atoms with Crippen molar-refractivity contribution >= 4 is 40.8 Å². The second kappa shape index (κ2) is 7.16. The Morgan fingerprint density at radius 1 is 1.07 bits per heavy atom. The first kappa shape index (κ1) is 19.4. The van der Waals surface area contributed by atoms with Crippen LogP contribution < -0.4 is 21.9 Å². The van der Waals surface area contributed by atoms with Gasteiger partial charge in [0.05, 0.1) is 16.8 Å². The van der Waals surface area contributed by atoms with Gasteiger partial charge in [0.15, 0.2) is 0 Å². The number of hydrogen-bond donors (Lipinski definition) is 3. The van der Waals surface area contributed by atoms with Gasteiger partial charge in [-0.05, 0) is 42.8 Å². The van der Waals surface area contributed by atoms with Crippen molar-refractivity contribution in [3.05, 3.63) is 86.2 Å². The van der Waals surface area contributed by atoms with Crippen LogP contribution in [0.4, 0.5) is 11.5 Å². The lowest BCUT2D eigenvalue weighted by Crippen LogP contribution is -2.24. The molecule has 30 heavy (non-hydrogen) atoms. The number of nitrogen functional groups attached to an aromatic ring is 1. The molecule has 0 saturated carbocycles. The number of halogens is 1. The Balaban J connectivity index is 1.75. The van der Waals surface area contributed by atoms with Gasteiger partial charge in [-0.15, -0.1) is 0 Å². The monoisotopic (exact) mass is 422 g/mol. The van der Waals surface area contributed by atoms with Crippen molar-refractivity contribution in [3.63, 3.8) is 0 Å². The standard InChI is InChI=1S/C21H15ClN4O4/c1-10-5-6-12(22)8-15(10)24-19(28)11-3-2-4-13(7-11)26-16(27)9-14-17(18(26)23)21(30)25-20(14)29/h2-9H,23H2,1H3,(H,24,28)(H,25,29,30). The van der Waals surface area contributed by atoms with Gasteiger partial charge in [-0.25, -0.2) is 0 Å². The highest BCUT2D eigenvalue weighted by atomic mass is 35.5. The molecule has 0 fully saturated rings. The van der Waals surface area contributed by atoms with Gasteiger partial charge in [0.1, 0.15) is 5.82 Å². The zero-order chi connectivity index (χ0) is 21.6. The van der Waals surface area contributed by atoms with Crippen LogP contribution in [0.3, 0.4) is 0 Å². The fourth-order valence-electron chi connectivity index (χ4n) is 3.26. The van der Waals surface area contributed by atoms with Gasteiger partial charge < -0.3 is 11.1 Å². The van der Waals surface area contributed by atoms with Crippen molar-refractivity contribution in [2.75, 3.05) is 11.1 Å². The highest BCUT2D eigenvalue weighted by molar-refractivity contribution is 6.31. The van der Waals surface area contributed by atoms with Crippen LogP contribution in [0.25, 0.3) is 5.69 Å². The minimum atomic E-state index is -0.674. The third-order valence-corrected chi connectivity index (χ3v) is 5.00. The maximum absolute atomic E-state index is 12.7. The summed E-state index contributed by atoms with van der Waals surface area (Å²) in [6.07, 6.45) is 0. The highest BCUT2D eigenvalue weighted by Gasteiger charge is 2.31. The van der Waals surface area contributed by atoms with E-state index in [4.69, 9.17) is 17.3 Å². The Morgan fingerprint density at radius 2 is 1.83 bits per heavy atom. The van der Waals surface area contributed by atoms with E-state index in [1.165, 1.54) is 6.07 Å². The normalized spacial score (nSPS) is 12.5. The van der Waals surface area contributed by atoms with Crippen LogP contribution in [-0.2, 0) is 0 Å². The van der Waals surface area contributed by atoms with Gasteiger partial charge in [0.2, 0.25) is 0 Å². The summed E-state index contributed by atoms with van der Waals surface area (Å²) in [5.74, 6) is -1.94. The molecule has 2 aromatic carbocycles. The van der Waals surface area contributed by atoms with Gasteiger partial charge in [-0.1, -0.05) is 23.7 Å². The van der Waals surface area contributed by atoms with E-state index in [0.29, 0.717) is 10.7 Å². The maximum Gasteiger partial charge on any atom is 0.262 e. The average molecular weight is 423 g/mol. The topological polar surface area (TPSA) is 123 Å². The second-order valence-electron chi connectivity index (χ2n) is 6.74. The lowest BCUT2D eigenvalue weighted by molar-refractivity contribution is 0.0879. The van der Waals surface area contributed by atoms with Crippen molar-refractivity contribution in [1.29, 1.82) is 0 Å². The van der Waals surface area contributed by atoms with E-state index in [9.17, 15) is 19.2 Å². The van der Waals surface area contributed by atoms with Crippen molar-refractivity contribution in [2.45, 2.75) is 6.92 Å². The molecule has 0 bridgehead atoms. The fourth-order valence-corrected chi connectivity index (χ4v) is 3.43. The Morgan fingerprint density at radius 3 is 2.60 bits per heavy atom. The number of nitrogens with one attached hydrogen (secondary N) is 2. The summed E-state index contributed by atoms with van der Waals surface area (Å²) >= 11 is 6.00. The van der Waals surface area contributed by atoms with Crippen LogP contribution in [0.15, 0.2) is 53.3 Å². The van der Waals surface area contributed by atoms with E-state index in [-0.39, 0.29) is 28.2 Å². The molecule has 3 aromatic rings. The number of nitrogens with two attached hydrogens (primary N) is 1. The Labute approximate surface area is 175 Å². The average Bonchev–Trinajstić information content (AvgIpc) is 2.98. The third-order valence-electron chi connectivity index (χ3n) is 4.77. The molecule has 9 heteroatoms. The molecule has 1 aliphatic heterocycles. The van der Waals surface area contributed by atoms with Crippen LogP contribution in [0.5, 0.6) is 0 Å². The number of aryl methyl sites for hydroxylation is 1. The summed E-state index contributed by atoms with van der Waals surface area (Å²) in [5, 5.41) is 5.37. The van der Waals surface area contributed by atoms with Crippen LogP contribution >= 0.6 is 11.6 Å². The molecule has 8 nitrogen and oxygen atoms in total. The second-order valence-corrected chi connectivity index (χ2v) is 7.18. The molecule has 0 aliphatic carbocycles. The highest BCUT2D eigenvalue weighted by Crippen LogP contribution is 2.24. The number of carbonyl (C=O) groups is 3. The molecular weight excluding hydrogens is 408 g/mol. The first-order valence-electron chi connectivity index (χ1n) is 8.85. The molecular formula is C21H15ClN4O4. The molecule has 0 saturated heterocycles. The molecule has 0 unspecified atom stereocenters. The summed E-state index contributed by atoms with van der Waals surface area (Å²) in [7, 11) is 0. The lowest BCUT2D eigenvalue weighted by atomic mass is 10.1. The largest absolute Gasteiger partial charge is 0.384 e. The van der Waals surface area contributed by atoms with Crippen molar-refractivity contribution in [1.82, 2.24) is 9.88 Å². The van der Waals surface area contributed by atoms with Gasteiger partial charge in [-0.3, -0.25) is 29.1 Å². The SMILES string of the molecule is Cc1ccc(Cl)cc1NC(=O)c1cccc(-n2c(N)c3c(cc2=O)C(=O)NC3=O)c1. The Kier molecular flexibility index (Phi) is 4.63. The van der Waals surface area contributed by atoms with Crippen LogP contribution in [0.1, 0.15) is 36.6 Å². The zero-order valence-corrected chi connectivity index (χ0v) is 16.4. The van der Waals surface area contributed by atoms with Crippen LogP contribution in [0, 0.1) is 6.92 Å². The number of carbonyl (C=O) groups excluding carboxylic acids is 3. The number of amides is 3. The molecule has 3 amide bonds. The fraction of sp³-hybridized carbons (Fsp3) is 0.0476. The summed E-state index contributed by atoms with van der Waals surface area (Å²) < 4.78 is 1.08. The van der Waals surface area contributed by atoms with E-state index in [1.54, 1.807) is 36.4 Å². The van der Waals surface area contributed by atoms with E-state index < -0.39 is 23.3 Å². The number of anilines is 2. The summed E-state index contributed by atoms with van der Waals surface area (Å²) in [5.41, 5.74) is 7.25. The molecule has 0 radical (unpaired) electrons. The van der Waals surface area contributed by atoms with E-state index >= 15 is 0 Å². The van der Waals surface area contributed by atoms with E-state index in [1.807, 2.05) is 6.92 Å². The molecule has 0 spiro atoms. The quantitative estimate of drug-likeness (QED) is 0.559. The third kappa shape index (κ3) is 3.23. The minimum absolute atomic E-state index is 0.0657. The molecule has 150 valence electrons. The summed E-state index contributed by atoms with van der Waals surface area (Å²) in [6.45, 7) is 1.83. The predicted molar refractivity (Wildman–Crippen MR) is 112 cm³/mol. The number of aromatic nitrogens is 1. The smallest absolute Gasteiger partial charge is 0.262 e. The van der Waals surface area contributed by atoms with Gasteiger partial charge in [0.25, 0.3) is 23.3 Å². The number of benzene rings is 2. The zero-order valence-electron chi connectivity index (χ0n) is 15.7. The van der Waals surface area contributed by atoms with Gasteiger partial charge >= 0.3 is 0 Å². The van der Waals surface area contributed by atoms with Crippen molar-refractivity contribution < 1.29 is 14.4 Å². The number of nitrogens with zero attached hydrogens (tertiary/aromatic N) is 1. The van der Waals surface area contributed by atoms with E-state index in [2.05, 4.69) is 10.6 Å². The molecule has 2 heterocycles. The van der Waals surface area contributed by atoms with Gasteiger partial charge in [0, 0.05) is 22.3 Å². The molecule has 4 rings (SSSR count). The van der Waals surface area contributed by atoms with Crippen molar-refractivity contribution in [3.8, 4) is 5.69 Å². The number of rotatable bonds is 3. The number of hydrogen-bond acceptors (Lipinski definition) is 5. The number of fused-ring (bicyclic) bond motifs is 1. The summed E-state index contributed by atoms with van der Waals surface area (Å²) in [4.78, 5) is 49.1. The van der Waals surface area contributed by atoms with Crippen LogP contribution in [-0.4, -0.2) is 22.3 Å². The summed E-state index contributed by atoms with van der Waals surface area (Å²) in [6, 6.07) is 12.4. The Hall–Kier alpha value is -3.91. The first-order valence-corrected chi connectivity index (χ1v) is 9.23. The number of imide groups is 1. The molecule has 1 aromatic heterocycles. The number of pyridine rings is 1. The maximum atomic E-state index is 12.7. The molecule has 1 aliphatic rings. The predicted octanol–water partition coefficient (Wildman–Crippen LogP) is 2.52. The van der Waals surface area contributed by atoms with Gasteiger partial charge in [-0.2, -0.15) is 0 Å². The first-order chi connectivity index (χ1) is 14.3. The Bertz CT molecular complexity index is 1310. The van der Waals surface area contributed by atoms with Crippen LogP contribution in [0.2, 0.25) is 5.02 Å². The minimum Gasteiger partial charge on any atom is -0.384 e.